The smallest absolute Gasteiger partial charge is 0.259 e. The van der Waals surface area contributed by atoms with E-state index in [0.29, 0.717) is 13.1 Å². The number of hydrogen-bond donors (Lipinski definition) is 2. The summed E-state index contributed by atoms with van der Waals surface area (Å²) in [6, 6.07) is 1.62. The predicted octanol–water partition coefficient (Wildman–Crippen LogP) is 0.328. The topological polar surface area (TPSA) is 79.2 Å². The number of carbonyl (C=O) groups excluding carboxylic acids is 1. The Morgan fingerprint density at radius 3 is 2.82 bits per heavy atom. The molecule has 1 aliphatic rings. The van der Waals surface area contributed by atoms with Crippen LogP contribution in [0.25, 0.3) is 0 Å². The number of nitrogens with two attached hydrogens (primary N) is 1. The van der Waals surface area contributed by atoms with Crippen molar-refractivity contribution in [3.05, 3.63) is 34.2 Å². The van der Waals surface area contributed by atoms with Crippen molar-refractivity contribution in [1.29, 1.82) is 0 Å². The third kappa shape index (κ3) is 2.39. The number of aromatic amines is 1. The standard InChI is InChI=1S/C12H17N3O2/c13-5-7-15(9-2-1-3-9)12(17)10-8-14-6-4-11(10)16/h4,6,8-9H,1-3,5,7,13H2,(H,14,16). The average Bonchev–Trinajstić information content (AvgIpc) is 2.26. The lowest BCUT2D eigenvalue weighted by Crippen LogP contribution is -2.47. The van der Waals surface area contributed by atoms with Gasteiger partial charge in [-0.15, -0.1) is 0 Å². The Hall–Kier alpha value is -1.62. The number of amides is 1. The molecule has 3 N–H and O–H groups in total. The quantitative estimate of drug-likeness (QED) is 0.789. The van der Waals surface area contributed by atoms with Crippen molar-refractivity contribution in [3.63, 3.8) is 0 Å². The second kappa shape index (κ2) is 5.14. The first kappa shape index (κ1) is 11.9. The van der Waals surface area contributed by atoms with Gasteiger partial charge in [-0.3, -0.25) is 9.59 Å². The van der Waals surface area contributed by atoms with Crippen LogP contribution in [0.1, 0.15) is 29.6 Å². The first-order valence-corrected chi connectivity index (χ1v) is 5.92. The molecule has 1 fully saturated rings. The highest BCUT2D eigenvalue weighted by Crippen LogP contribution is 2.25. The van der Waals surface area contributed by atoms with Crippen molar-refractivity contribution < 1.29 is 4.79 Å². The highest BCUT2D eigenvalue weighted by atomic mass is 16.2. The summed E-state index contributed by atoms with van der Waals surface area (Å²) in [7, 11) is 0. The van der Waals surface area contributed by atoms with Gasteiger partial charge in [-0.25, -0.2) is 0 Å². The molecule has 17 heavy (non-hydrogen) atoms. The molecular formula is C12H17N3O2. The first-order valence-electron chi connectivity index (χ1n) is 5.92. The first-order chi connectivity index (χ1) is 8.24. The SMILES string of the molecule is NCCN(C(=O)c1c[nH]ccc1=O)C1CCC1. The Bertz CT molecular complexity index is 451. The van der Waals surface area contributed by atoms with Crippen LogP contribution < -0.4 is 11.2 Å². The molecule has 5 heteroatoms. The second-order valence-electron chi connectivity index (χ2n) is 4.29. The van der Waals surface area contributed by atoms with E-state index in [-0.39, 0.29) is 22.9 Å². The molecule has 0 atom stereocenters. The molecule has 5 nitrogen and oxygen atoms in total. The van der Waals surface area contributed by atoms with E-state index >= 15 is 0 Å². The molecule has 92 valence electrons. The normalized spacial score (nSPS) is 15.4. The van der Waals surface area contributed by atoms with Crippen LogP contribution in [0, 0.1) is 0 Å². The second-order valence-corrected chi connectivity index (χ2v) is 4.29. The summed E-state index contributed by atoms with van der Waals surface area (Å²) in [4.78, 5) is 28.3. The van der Waals surface area contributed by atoms with Crippen molar-refractivity contribution in [1.82, 2.24) is 9.88 Å². The summed E-state index contributed by atoms with van der Waals surface area (Å²) in [5.74, 6) is -0.206. The number of pyridine rings is 1. The van der Waals surface area contributed by atoms with Crippen LogP contribution >= 0.6 is 0 Å². The van der Waals surface area contributed by atoms with Crippen LogP contribution in [0.2, 0.25) is 0 Å². The van der Waals surface area contributed by atoms with Gasteiger partial charge in [0.1, 0.15) is 5.56 Å². The fourth-order valence-corrected chi connectivity index (χ4v) is 2.03. The van der Waals surface area contributed by atoms with Gasteiger partial charge in [0.05, 0.1) is 0 Å². The van der Waals surface area contributed by atoms with E-state index in [1.165, 1.54) is 18.5 Å². The van der Waals surface area contributed by atoms with Crippen LogP contribution in [0.15, 0.2) is 23.3 Å². The highest BCUT2D eigenvalue weighted by Gasteiger charge is 2.29. The van der Waals surface area contributed by atoms with Gasteiger partial charge in [0.2, 0.25) is 0 Å². The maximum atomic E-state index is 12.2. The summed E-state index contributed by atoms with van der Waals surface area (Å²) in [5.41, 5.74) is 5.48. The summed E-state index contributed by atoms with van der Waals surface area (Å²) in [6.45, 7) is 0.935. The fourth-order valence-electron chi connectivity index (χ4n) is 2.03. The Morgan fingerprint density at radius 2 is 2.29 bits per heavy atom. The number of nitrogens with zero attached hydrogens (tertiary/aromatic N) is 1. The molecule has 1 heterocycles. The number of aromatic nitrogens is 1. The number of hydrogen-bond acceptors (Lipinski definition) is 3. The lowest BCUT2D eigenvalue weighted by molar-refractivity contribution is 0.0587. The minimum absolute atomic E-state index is 0.202. The van der Waals surface area contributed by atoms with Gasteiger partial charge in [-0.05, 0) is 19.3 Å². The van der Waals surface area contributed by atoms with Crippen LogP contribution in [-0.2, 0) is 0 Å². The van der Waals surface area contributed by atoms with E-state index in [0.717, 1.165) is 19.3 Å². The molecule has 1 aliphatic carbocycles. The number of H-pyrrole nitrogens is 1. The van der Waals surface area contributed by atoms with E-state index in [1.54, 1.807) is 4.90 Å². The Kier molecular flexibility index (Phi) is 3.58. The summed E-state index contributed by atoms with van der Waals surface area (Å²) in [6.07, 6.45) is 6.15. The van der Waals surface area contributed by atoms with Gasteiger partial charge in [-0.2, -0.15) is 0 Å². The average molecular weight is 235 g/mol. The zero-order valence-corrected chi connectivity index (χ0v) is 9.69. The molecule has 1 aromatic rings. The van der Waals surface area contributed by atoms with E-state index in [9.17, 15) is 9.59 Å². The van der Waals surface area contributed by atoms with E-state index in [4.69, 9.17) is 5.73 Å². The number of nitrogens with one attached hydrogen (secondary N) is 1. The molecule has 1 amide bonds. The molecule has 0 aliphatic heterocycles. The molecule has 1 aromatic heterocycles. The van der Waals surface area contributed by atoms with Gasteiger partial charge in [-0.1, -0.05) is 0 Å². The maximum absolute atomic E-state index is 12.2. The highest BCUT2D eigenvalue weighted by molar-refractivity contribution is 5.94. The predicted molar refractivity (Wildman–Crippen MR) is 64.8 cm³/mol. The van der Waals surface area contributed by atoms with Crippen molar-refractivity contribution >= 4 is 5.91 Å². The molecule has 1 saturated carbocycles. The number of rotatable bonds is 4. The zero-order chi connectivity index (χ0) is 12.3. The Balaban J connectivity index is 2.21. The monoisotopic (exact) mass is 235 g/mol. The maximum Gasteiger partial charge on any atom is 0.259 e. The van der Waals surface area contributed by atoms with Gasteiger partial charge in [0.15, 0.2) is 5.43 Å². The molecule has 0 unspecified atom stereocenters. The molecule has 0 aromatic carbocycles. The third-order valence-corrected chi connectivity index (χ3v) is 3.20. The lowest BCUT2D eigenvalue weighted by Gasteiger charge is -2.37. The summed E-state index contributed by atoms with van der Waals surface area (Å²) in [5, 5.41) is 0. The molecule has 0 saturated heterocycles. The fraction of sp³-hybridized carbons (Fsp3) is 0.500. The molecule has 2 rings (SSSR count). The van der Waals surface area contributed by atoms with Crippen LogP contribution in [0.4, 0.5) is 0 Å². The van der Waals surface area contributed by atoms with E-state index in [2.05, 4.69) is 4.98 Å². The Morgan fingerprint density at radius 1 is 1.53 bits per heavy atom. The lowest BCUT2D eigenvalue weighted by atomic mass is 9.91. The molecular weight excluding hydrogens is 218 g/mol. The van der Waals surface area contributed by atoms with Crippen LogP contribution in [0.3, 0.4) is 0 Å². The largest absolute Gasteiger partial charge is 0.367 e. The van der Waals surface area contributed by atoms with Gasteiger partial charge in [0, 0.05) is 37.6 Å². The van der Waals surface area contributed by atoms with Crippen molar-refractivity contribution in [2.75, 3.05) is 13.1 Å². The van der Waals surface area contributed by atoms with E-state index in [1.807, 2.05) is 0 Å². The minimum Gasteiger partial charge on any atom is -0.367 e. The molecule has 0 radical (unpaired) electrons. The van der Waals surface area contributed by atoms with Gasteiger partial charge < -0.3 is 15.6 Å². The minimum atomic E-state index is -0.241. The summed E-state index contributed by atoms with van der Waals surface area (Å²) >= 11 is 0. The third-order valence-electron chi connectivity index (χ3n) is 3.20. The van der Waals surface area contributed by atoms with Crippen LogP contribution in [-0.4, -0.2) is 34.9 Å². The number of carbonyl (C=O) groups is 1. The molecule has 0 bridgehead atoms. The van der Waals surface area contributed by atoms with Crippen molar-refractivity contribution in [3.8, 4) is 0 Å². The van der Waals surface area contributed by atoms with Gasteiger partial charge >= 0.3 is 0 Å². The van der Waals surface area contributed by atoms with Gasteiger partial charge in [0.25, 0.3) is 5.91 Å². The van der Waals surface area contributed by atoms with Crippen LogP contribution in [0.5, 0.6) is 0 Å². The van der Waals surface area contributed by atoms with Crippen molar-refractivity contribution in [2.24, 2.45) is 5.73 Å². The summed E-state index contributed by atoms with van der Waals surface area (Å²) < 4.78 is 0. The Labute approximate surface area is 99.6 Å². The zero-order valence-electron chi connectivity index (χ0n) is 9.69. The van der Waals surface area contributed by atoms with E-state index < -0.39 is 0 Å². The van der Waals surface area contributed by atoms with Crippen molar-refractivity contribution in [2.45, 2.75) is 25.3 Å². The molecule has 0 spiro atoms.